The summed E-state index contributed by atoms with van der Waals surface area (Å²) < 4.78 is 0. The van der Waals surface area contributed by atoms with Crippen molar-refractivity contribution in [2.45, 2.75) is 70.3 Å². The first-order chi connectivity index (χ1) is 15.7. The summed E-state index contributed by atoms with van der Waals surface area (Å²) in [6.07, 6.45) is 13.4. The van der Waals surface area contributed by atoms with Crippen LogP contribution in [0.3, 0.4) is 0 Å². The Bertz CT molecular complexity index is 763. The minimum absolute atomic E-state index is 0.381. The number of piperidine rings is 2. The average molecular weight is 441 g/mol. The molecule has 4 aliphatic rings. The van der Waals surface area contributed by atoms with Crippen LogP contribution in [0.25, 0.3) is 0 Å². The van der Waals surface area contributed by atoms with Crippen molar-refractivity contribution in [2.75, 3.05) is 56.0 Å². The molecule has 1 saturated carbocycles. The number of hydrogen-bond acceptors (Lipinski definition) is 6. The molecule has 0 radical (unpaired) electrons. The fourth-order valence-electron chi connectivity index (χ4n) is 5.80. The number of carbonyl (C=O) groups excluding carboxylic acids is 1. The number of aromatic nitrogens is 2. The van der Waals surface area contributed by atoms with Crippen molar-refractivity contribution < 1.29 is 4.79 Å². The quantitative estimate of drug-likeness (QED) is 0.669. The SMILES string of the molecule is O=C(CC[C@@H]1CCCN(c2cc(NC3CC3)ncn2)C1)N1CCC[C@@H](CN2CCCC2)C1. The molecular formula is C25H40N6O. The Morgan fingerprint density at radius 1 is 0.938 bits per heavy atom. The molecule has 1 N–H and O–H groups in total. The van der Waals surface area contributed by atoms with Gasteiger partial charge in [0.1, 0.15) is 18.0 Å². The van der Waals surface area contributed by atoms with Gasteiger partial charge in [0.05, 0.1) is 0 Å². The molecule has 1 aliphatic carbocycles. The summed E-state index contributed by atoms with van der Waals surface area (Å²) in [6.45, 7) is 7.70. The van der Waals surface area contributed by atoms with Gasteiger partial charge in [0.25, 0.3) is 0 Å². The van der Waals surface area contributed by atoms with E-state index in [0.717, 1.165) is 44.2 Å². The van der Waals surface area contributed by atoms with Crippen LogP contribution in [-0.2, 0) is 4.79 Å². The van der Waals surface area contributed by atoms with E-state index in [1.54, 1.807) is 6.33 Å². The molecule has 4 fully saturated rings. The Morgan fingerprint density at radius 2 is 1.75 bits per heavy atom. The number of rotatable bonds is 8. The van der Waals surface area contributed by atoms with Gasteiger partial charge < -0.3 is 20.0 Å². The summed E-state index contributed by atoms with van der Waals surface area (Å²) in [7, 11) is 0. The van der Waals surface area contributed by atoms with Crippen molar-refractivity contribution in [1.82, 2.24) is 19.8 Å². The molecule has 0 unspecified atom stereocenters. The third kappa shape index (κ3) is 5.91. The number of carbonyl (C=O) groups is 1. The molecule has 3 aliphatic heterocycles. The topological polar surface area (TPSA) is 64.6 Å². The largest absolute Gasteiger partial charge is 0.367 e. The molecule has 32 heavy (non-hydrogen) atoms. The second-order valence-corrected chi connectivity index (χ2v) is 10.5. The molecule has 0 bridgehead atoms. The molecule has 5 rings (SSSR count). The second kappa shape index (κ2) is 10.4. The van der Waals surface area contributed by atoms with Crippen LogP contribution in [0.15, 0.2) is 12.4 Å². The first kappa shape index (κ1) is 21.9. The highest BCUT2D eigenvalue weighted by molar-refractivity contribution is 5.76. The number of nitrogens with one attached hydrogen (secondary N) is 1. The lowest BCUT2D eigenvalue weighted by atomic mass is 9.92. The van der Waals surface area contributed by atoms with Crippen LogP contribution in [0.5, 0.6) is 0 Å². The molecule has 1 amide bonds. The molecule has 7 heteroatoms. The van der Waals surface area contributed by atoms with Crippen molar-refractivity contribution in [3.63, 3.8) is 0 Å². The maximum atomic E-state index is 13.0. The van der Waals surface area contributed by atoms with E-state index in [9.17, 15) is 4.79 Å². The molecule has 176 valence electrons. The van der Waals surface area contributed by atoms with E-state index in [0.29, 0.717) is 30.2 Å². The summed E-state index contributed by atoms with van der Waals surface area (Å²) in [4.78, 5) is 29.1. The monoisotopic (exact) mass is 440 g/mol. The van der Waals surface area contributed by atoms with Crippen molar-refractivity contribution >= 4 is 17.5 Å². The van der Waals surface area contributed by atoms with E-state index >= 15 is 0 Å². The maximum absolute atomic E-state index is 13.0. The van der Waals surface area contributed by atoms with Gasteiger partial charge in [-0.15, -0.1) is 0 Å². The van der Waals surface area contributed by atoms with Gasteiger partial charge in [-0.2, -0.15) is 0 Å². The molecule has 4 heterocycles. The Labute approximate surface area is 193 Å². The Kier molecular flexibility index (Phi) is 7.10. The summed E-state index contributed by atoms with van der Waals surface area (Å²) in [5, 5.41) is 3.48. The minimum atomic E-state index is 0.381. The Hall–Kier alpha value is -1.89. The van der Waals surface area contributed by atoms with Gasteiger partial charge in [-0.25, -0.2) is 9.97 Å². The van der Waals surface area contributed by atoms with Crippen molar-refractivity contribution in [3.05, 3.63) is 12.4 Å². The zero-order valence-electron chi connectivity index (χ0n) is 19.6. The lowest BCUT2D eigenvalue weighted by Crippen LogP contribution is -2.43. The normalized spacial score (nSPS) is 27.0. The van der Waals surface area contributed by atoms with Crippen LogP contribution >= 0.6 is 0 Å². The fraction of sp³-hybridized carbons (Fsp3) is 0.800. The first-order valence-electron chi connectivity index (χ1n) is 13.1. The van der Waals surface area contributed by atoms with Crippen LogP contribution in [0.4, 0.5) is 11.6 Å². The van der Waals surface area contributed by atoms with Crippen LogP contribution in [0.1, 0.15) is 64.2 Å². The van der Waals surface area contributed by atoms with Crippen LogP contribution in [-0.4, -0.2) is 77.5 Å². The zero-order chi connectivity index (χ0) is 21.8. The molecule has 1 aromatic heterocycles. The standard InChI is InChI=1S/C25H40N6O/c32-25(31-14-4-6-21(18-31)16-29-11-1-2-12-29)10-7-20-5-3-13-30(17-20)24-15-23(26-19-27-24)28-22-8-9-22/h15,19-22H,1-14,16-18H2,(H,26,27,28)/t20-,21-/m0/s1. The van der Waals surface area contributed by atoms with Gasteiger partial charge >= 0.3 is 0 Å². The molecule has 0 aromatic carbocycles. The van der Waals surface area contributed by atoms with E-state index < -0.39 is 0 Å². The number of nitrogens with zero attached hydrogens (tertiary/aromatic N) is 5. The zero-order valence-corrected chi connectivity index (χ0v) is 19.6. The minimum Gasteiger partial charge on any atom is -0.367 e. The highest BCUT2D eigenvalue weighted by Crippen LogP contribution is 2.28. The maximum Gasteiger partial charge on any atom is 0.222 e. The summed E-state index contributed by atoms with van der Waals surface area (Å²) in [6, 6.07) is 2.70. The third-order valence-electron chi connectivity index (χ3n) is 7.78. The average Bonchev–Trinajstić information content (AvgIpc) is 3.49. The Balaban J connectivity index is 1.08. The predicted octanol–water partition coefficient (Wildman–Crippen LogP) is 3.38. The molecular weight excluding hydrogens is 400 g/mol. The molecule has 0 spiro atoms. The highest BCUT2D eigenvalue weighted by Gasteiger charge is 2.28. The van der Waals surface area contributed by atoms with Gasteiger partial charge in [0.15, 0.2) is 0 Å². The lowest BCUT2D eigenvalue weighted by Gasteiger charge is -2.36. The van der Waals surface area contributed by atoms with Gasteiger partial charge in [-0.3, -0.25) is 4.79 Å². The number of hydrogen-bond donors (Lipinski definition) is 1. The van der Waals surface area contributed by atoms with Crippen molar-refractivity contribution in [1.29, 1.82) is 0 Å². The number of anilines is 2. The van der Waals surface area contributed by atoms with E-state index in [2.05, 4.69) is 36.1 Å². The Morgan fingerprint density at radius 3 is 2.59 bits per heavy atom. The first-order valence-corrected chi connectivity index (χ1v) is 13.1. The van der Waals surface area contributed by atoms with Gasteiger partial charge in [0.2, 0.25) is 5.91 Å². The molecule has 2 atom stereocenters. The molecule has 3 saturated heterocycles. The van der Waals surface area contributed by atoms with Crippen LogP contribution < -0.4 is 10.2 Å². The second-order valence-electron chi connectivity index (χ2n) is 10.5. The third-order valence-corrected chi connectivity index (χ3v) is 7.78. The van der Waals surface area contributed by atoms with Crippen molar-refractivity contribution in [2.24, 2.45) is 11.8 Å². The number of amides is 1. The van der Waals surface area contributed by atoms with Gasteiger partial charge in [-0.05, 0) is 82.7 Å². The summed E-state index contributed by atoms with van der Waals surface area (Å²) in [5.74, 6) is 3.61. The van der Waals surface area contributed by atoms with Gasteiger partial charge in [0, 0.05) is 51.3 Å². The lowest BCUT2D eigenvalue weighted by molar-refractivity contribution is -0.133. The predicted molar refractivity (Wildman–Crippen MR) is 128 cm³/mol. The van der Waals surface area contributed by atoms with Crippen LogP contribution in [0.2, 0.25) is 0 Å². The van der Waals surface area contributed by atoms with E-state index in [-0.39, 0.29) is 0 Å². The molecule has 7 nitrogen and oxygen atoms in total. The van der Waals surface area contributed by atoms with Gasteiger partial charge in [-0.1, -0.05) is 0 Å². The summed E-state index contributed by atoms with van der Waals surface area (Å²) in [5.41, 5.74) is 0. The van der Waals surface area contributed by atoms with Crippen LogP contribution in [0, 0.1) is 11.8 Å². The number of likely N-dealkylation sites (tertiary alicyclic amines) is 2. The highest BCUT2D eigenvalue weighted by atomic mass is 16.2. The molecule has 1 aromatic rings. The smallest absolute Gasteiger partial charge is 0.222 e. The van der Waals surface area contributed by atoms with Crippen molar-refractivity contribution in [3.8, 4) is 0 Å². The van der Waals surface area contributed by atoms with E-state index in [4.69, 9.17) is 0 Å². The fourth-order valence-corrected chi connectivity index (χ4v) is 5.80. The van der Waals surface area contributed by atoms with E-state index in [1.807, 2.05) is 0 Å². The van der Waals surface area contributed by atoms with E-state index in [1.165, 1.54) is 71.0 Å². The summed E-state index contributed by atoms with van der Waals surface area (Å²) >= 11 is 0.